The highest BCUT2D eigenvalue weighted by atomic mass is 16.2. The van der Waals surface area contributed by atoms with Crippen LogP contribution in [0.25, 0.3) is 0 Å². The fourth-order valence-corrected chi connectivity index (χ4v) is 3.79. The van der Waals surface area contributed by atoms with Crippen LogP contribution in [0, 0.1) is 0 Å². The predicted molar refractivity (Wildman–Crippen MR) is 96.1 cm³/mol. The van der Waals surface area contributed by atoms with Gasteiger partial charge in [0, 0.05) is 25.1 Å². The molecule has 0 saturated carbocycles. The topological polar surface area (TPSA) is 99.2 Å². The molecule has 4 rings (SSSR count). The Hall–Kier alpha value is -3.03. The molecule has 0 bridgehead atoms. The lowest BCUT2D eigenvalue weighted by Gasteiger charge is -2.27. The van der Waals surface area contributed by atoms with Gasteiger partial charge in [-0.15, -0.1) is 0 Å². The molecule has 27 heavy (non-hydrogen) atoms. The van der Waals surface area contributed by atoms with Crippen molar-refractivity contribution in [3.8, 4) is 0 Å². The van der Waals surface area contributed by atoms with Crippen molar-refractivity contribution in [2.75, 3.05) is 13.1 Å². The van der Waals surface area contributed by atoms with Crippen LogP contribution in [0.4, 0.5) is 0 Å². The van der Waals surface area contributed by atoms with E-state index in [9.17, 15) is 19.2 Å². The predicted octanol–water partition coefficient (Wildman–Crippen LogP) is 0.908. The van der Waals surface area contributed by atoms with Crippen molar-refractivity contribution in [2.24, 2.45) is 5.10 Å². The molecule has 3 aliphatic heterocycles. The maximum Gasteiger partial charge on any atom is 0.262 e. The highest BCUT2D eigenvalue weighted by molar-refractivity contribution is 6.25. The average Bonchev–Trinajstić information content (AvgIpc) is 2.93. The summed E-state index contributed by atoms with van der Waals surface area (Å²) in [5.41, 5.74) is 1.10. The molecule has 2 fully saturated rings. The van der Waals surface area contributed by atoms with Crippen LogP contribution in [0.2, 0.25) is 0 Å². The third kappa shape index (κ3) is 3.11. The summed E-state index contributed by atoms with van der Waals surface area (Å²) in [6.07, 6.45) is 5.24. The molecule has 3 heterocycles. The molecular weight excluding hydrogens is 348 g/mol. The second-order valence-electron chi connectivity index (χ2n) is 6.98. The normalized spacial score (nSPS) is 23.2. The molecule has 3 aliphatic rings. The van der Waals surface area contributed by atoms with E-state index in [1.54, 1.807) is 24.4 Å². The Morgan fingerprint density at radius 2 is 1.81 bits per heavy atom. The smallest absolute Gasteiger partial charge is 0.262 e. The zero-order chi connectivity index (χ0) is 19.0. The first-order valence-corrected chi connectivity index (χ1v) is 9.20. The summed E-state index contributed by atoms with van der Waals surface area (Å²) < 4.78 is 0. The van der Waals surface area contributed by atoms with E-state index in [1.165, 1.54) is 6.42 Å². The number of nitrogens with zero attached hydrogens (tertiary/aromatic N) is 3. The highest BCUT2D eigenvalue weighted by Gasteiger charge is 2.45. The molecule has 0 radical (unpaired) electrons. The summed E-state index contributed by atoms with van der Waals surface area (Å²) in [4.78, 5) is 50.2. The van der Waals surface area contributed by atoms with Crippen LogP contribution in [0.1, 0.15) is 58.4 Å². The lowest BCUT2D eigenvalue weighted by atomic mass is 10.0. The number of nitrogens with one attached hydrogen (secondary N) is 1. The van der Waals surface area contributed by atoms with E-state index in [4.69, 9.17) is 0 Å². The first-order valence-electron chi connectivity index (χ1n) is 9.20. The van der Waals surface area contributed by atoms with Gasteiger partial charge in [-0.25, -0.2) is 0 Å². The Morgan fingerprint density at radius 3 is 2.56 bits per heavy atom. The quantitative estimate of drug-likeness (QED) is 0.631. The number of rotatable bonds is 3. The molecule has 4 amide bonds. The van der Waals surface area contributed by atoms with Gasteiger partial charge in [0.15, 0.2) is 0 Å². The van der Waals surface area contributed by atoms with Crippen molar-refractivity contribution >= 4 is 29.8 Å². The van der Waals surface area contributed by atoms with Crippen molar-refractivity contribution in [3.63, 3.8) is 0 Å². The van der Waals surface area contributed by atoms with E-state index in [2.05, 4.69) is 10.4 Å². The molecule has 8 heteroatoms. The van der Waals surface area contributed by atoms with Gasteiger partial charge >= 0.3 is 0 Å². The molecule has 8 nitrogen and oxygen atoms in total. The van der Waals surface area contributed by atoms with Crippen LogP contribution in [0.5, 0.6) is 0 Å². The number of piperidine rings is 2. The molecule has 0 spiro atoms. The van der Waals surface area contributed by atoms with Crippen LogP contribution in [-0.4, -0.2) is 58.9 Å². The van der Waals surface area contributed by atoms with E-state index in [-0.39, 0.29) is 29.9 Å². The molecule has 1 unspecified atom stereocenters. The zero-order valence-electron chi connectivity index (χ0n) is 14.8. The number of hydrogen-bond acceptors (Lipinski definition) is 6. The molecule has 1 N–H and O–H groups in total. The molecule has 1 aromatic carbocycles. The number of hydrazone groups is 1. The SMILES string of the molecule is O=C1CCC(N2C(=O)c3cccc(/C=N/N4CCCCC4)c3C2=O)C(=O)N1. The summed E-state index contributed by atoms with van der Waals surface area (Å²) in [6.45, 7) is 1.75. The first-order chi connectivity index (χ1) is 13.1. The van der Waals surface area contributed by atoms with Crippen LogP contribution in [0.3, 0.4) is 0 Å². The Balaban J connectivity index is 1.62. The zero-order valence-corrected chi connectivity index (χ0v) is 14.8. The summed E-state index contributed by atoms with van der Waals surface area (Å²) in [6, 6.07) is 4.07. The number of fused-ring (bicyclic) bond motifs is 1. The van der Waals surface area contributed by atoms with E-state index in [0.717, 1.165) is 30.8 Å². The van der Waals surface area contributed by atoms with Gasteiger partial charge in [-0.1, -0.05) is 12.1 Å². The van der Waals surface area contributed by atoms with Gasteiger partial charge in [-0.2, -0.15) is 5.10 Å². The molecule has 1 atom stereocenters. The van der Waals surface area contributed by atoms with Crippen LogP contribution in [0.15, 0.2) is 23.3 Å². The van der Waals surface area contributed by atoms with Crippen molar-refractivity contribution < 1.29 is 19.2 Å². The fourth-order valence-electron chi connectivity index (χ4n) is 3.79. The van der Waals surface area contributed by atoms with Gasteiger partial charge < -0.3 is 0 Å². The minimum absolute atomic E-state index is 0.104. The van der Waals surface area contributed by atoms with Crippen molar-refractivity contribution in [2.45, 2.75) is 38.1 Å². The summed E-state index contributed by atoms with van der Waals surface area (Å²) >= 11 is 0. The maximum atomic E-state index is 13.0. The number of amides is 4. The molecule has 140 valence electrons. The van der Waals surface area contributed by atoms with Gasteiger partial charge in [0.05, 0.1) is 17.3 Å². The molecule has 0 aliphatic carbocycles. The Kier molecular flexibility index (Phi) is 4.47. The van der Waals surface area contributed by atoms with Gasteiger partial charge in [-0.05, 0) is 31.7 Å². The Bertz CT molecular complexity index is 857. The van der Waals surface area contributed by atoms with Crippen LogP contribution in [-0.2, 0) is 9.59 Å². The molecule has 1 aromatic rings. The van der Waals surface area contributed by atoms with Crippen molar-refractivity contribution in [1.82, 2.24) is 15.2 Å². The van der Waals surface area contributed by atoms with Gasteiger partial charge in [-0.3, -0.25) is 34.4 Å². The number of imide groups is 2. The number of carbonyl (C=O) groups is 4. The van der Waals surface area contributed by atoms with E-state index >= 15 is 0 Å². The minimum atomic E-state index is -0.956. The Morgan fingerprint density at radius 1 is 1.04 bits per heavy atom. The minimum Gasteiger partial charge on any atom is -0.297 e. The second-order valence-corrected chi connectivity index (χ2v) is 6.98. The van der Waals surface area contributed by atoms with Crippen molar-refractivity contribution in [3.05, 3.63) is 34.9 Å². The van der Waals surface area contributed by atoms with Gasteiger partial charge in [0.25, 0.3) is 11.8 Å². The molecular formula is C19H20N4O4. The largest absolute Gasteiger partial charge is 0.297 e. The highest BCUT2D eigenvalue weighted by Crippen LogP contribution is 2.29. The standard InChI is InChI=1S/C19H20N4O4/c24-15-8-7-14(17(25)21-15)23-18(26)13-6-4-5-12(16(13)19(23)27)11-20-22-9-2-1-3-10-22/h4-6,11,14H,1-3,7-10H2,(H,21,24,25)/b20-11+. The Labute approximate surface area is 156 Å². The second kappa shape index (κ2) is 6.94. The maximum absolute atomic E-state index is 13.0. The van der Waals surface area contributed by atoms with Crippen LogP contribution < -0.4 is 5.32 Å². The fraction of sp³-hybridized carbons (Fsp3) is 0.421. The summed E-state index contributed by atoms with van der Waals surface area (Å²) in [7, 11) is 0. The monoisotopic (exact) mass is 368 g/mol. The number of hydrogen-bond donors (Lipinski definition) is 1. The summed E-state index contributed by atoms with van der Waals surface area (Å²) in [5.74, 6) is -2.01. The average molecular weight is 368 g/mol. The molecule has 2 saturated heterocycles. The lowest BCUT2D eigenvalue weighted by Crippen LogP contribution is -2.54. The van der Waals surface area contributed by atoms with E-state index in [1.807, 2.05) is 5.01 Å². The third-order valence-electron chi connectivity index (χ3n) is 5.19. The van der Waals surface area contributed by atoms with E-state index < -0.39 is 23.8 Å². The lowest BCUT2D eigenvalue weighted by molar-refractivity contribution is -0.136. The van der Waals surface area contributed by atoms with Crippen molar-refractivity contribution in [1.29, 1.82) is 0 Å². The third-order valence-corrected chi connectivity index (χ3v) is 5.19. The first kappa shape index (κ1) is 17.4. The summed E-state index contributed by atoms with van der Waals surface area (Å²) in [5, 5.41) is 8.62. The van der Waals surface area contributed by atoms with Crippen LogP contribution >= 0.6 is 0 Å². The van der Waals surface area contributed by atoms with Gasteiger partial charge in [0.2, 0.25) is 11.8 Å². The van der Waals surface area contributed by atoms with E-state index in [0.29, 0.717) is 5.56 Å². The van der Waals surface area contributed by atoms with Gasteiger partial charge in [0.1, 0.15) is 6.04 Å². The molecule has 0 aromatic heterocycles. The number of carbonyl (C=O) groups excluding carboxylic acids is 4. The number of benzene rings is 1.